The molecule has 0 amide bonds. The van der Waals surface area contributed by atoms with Gasteiger partial charge in [-0.15, -0.1) is 0 Å². The molecule has 1 heterocycles. The Morgan fingerprint density at radius 3 is 2.32 bits per heavy atom. The van der Waals surface area contributed by atoms with E-state index in [1.807, 2.05) is 18.7 Å². The van der Waals surface area contributed by atoms with Crippen molar-refractivity contribution in [2.75, 3.05) is 29.9 Å². The number of hydrogen-bond donors (Lipinski definition) is 1. The van der Waals surface area contributed by atoms with Crippen LogP contribution in [0, 0.1) is 0 Å². The molecule has 0 aliphatic carbocycles. The van der Waals surface area contributed by atoms with Crippen LogP contribution in [0.1, 0.15) is 20.3 Å². The first-order valence-corrected chi connectivity index (χ1v) is 6.20. The Hall–Kier alpha value is -1.31. The van der Waals surface area contributed by atoms with Gasteiger partial charge < -0.3 is 10.2 Å². The maximum absolute atomic E-state index is 12.0. The molecule has 0 aromatic carbocycles. The Morgan fingerprint density at radius 1 is 1.16 bits per heavy atom. The summed E-state index contributed by atoms with van der Waals surface area (Å²) in [6, 6.07) is 0. The van der Waals surface area contributed by atoms with Gasteiger partial charge >= 0.3 is 6.18 Å². The van der Waals surface area contributed by atoms with Crippen LogP contribution in [0.3, 0.4) is 0 Å². The lowest BCUT2D eigenvalue weighted by atomic mass is 10.4. The lowest BCUT2D eigenvalue weighted by Gasteiger charge is -2.18. The molecule has 0 aliphatic rings. The quantitative estimate of drug-likeness (QED) is 0.875. The minimum atomic E-state index is -4.22. The number of hydrogen-bond acceptors (Lipinski definition) is 5. The second-order valence-corrected chi connectivity index (χ2v) is 4.03. The van der Waals surface area contributed by atoms with E-state index in [0.29, 0.717) is 19.0 Å². The monoisotopic (exact) mass is 297 g/mol. The van der Waals surface area contributed by atoms with Crippen molar-refractivity contribution in [3.05, 3.63) is 5.28 Å². The third kappa shape index (κ3) is 5.46. The first kappa shape index (κ1) is 15.7. The van der Waals surface area contributed by atoms with Gasteiger partial charge in [0.15, 0.2) is 0 Å². The van der Waals surface area contributed by atoms with E-state index in [1.165, 1.54) is 0 Å². The topological polar surface area (TPSA) is 53.9 Å². The van der Waals surface area contributed by atoms with E-state index >= 15 is 0 Å². The van der Waals surface area contributed by atoms with Gasteiger partial charge in [0.1, 0.15) is 0 Å². The van der Waals surface area contributed by atoms with E-state index in [1.54, 1.807) is 0 Å². The van der Waals surface area contributed by atoms with Crippen molar-refractivity contribution in [2.24, 2.45) is 0 Å². The smallest absolute Gasteiger partial charge is 0.354 e. The van der Waals surface area contributed by atoms with Crippen molar-refractivity contribution in [3.63, 3.8) is 0 Å². The highest BCUT2D eigenvalue weighted by molar-refractivity contribution is 6.28. The molecule has 0 saturated carbocycles. The second-order valence-electron chi connectivity index (χ2n) is 3.69. The third-order valence-corrected chi connectivity index (χ3v) is 2.50. The van der Waals surface area contributed by atoms with Gasteiger partial charge in [-0.3, -0.25) is 0 Å². The van der Waals surface area contributed by atoms with Gasteiger partial charge in [-0.25, -0.2) is 0 Å². The van der Waals surface area contributed by atoms with E-state index in [9.17, 15) is 13.2 Å². The molecule has 0 radical (unpaired) electrons. The summed E-state index contributed by atoms with van der Waals surface area (Å²) in [5, 5.41) is 2.44. The molecule has 0 bridgehead atoms. The van der Waals surface area contributed by atoms with Crippen molar-refractivity contribution in [1.29, 1.82) is 0 Å². The lowest BCUT2D eigenvalue weighted by molar-refractivity contribution is -0.131. The molecule has 19 heavy (non-hydrogen) atoms. The van der Waals surface area contributed by atoms with Gasteiger partial charge in [-0.2, -0.15) is 28.1 Å². The van der Waals surface area contributed by atoms with Crippen LogP contribution in [-0.2, 0) is 0 Å². The van der Waals surface area contributed by atoms with Gasteiger partial charge in [0.2, 0.25) is 17.2 Å². The SMILES string of the molecule is CCN(CC)c1nc(Cl)nc(NCCC(F)(F)F)n1. The molecular formula is C10H15ClF3N5. The Kier molecular flexibility index (Phi) is 5.59. The van der Waals surface area contributed by atoms with E-state index in [4.69, 9.17) is 11.6 Å². The molecule has 1 rings (SSSR count). The van der Waals surface area contributed by atoms with Crippen LogP contribution in [0.2, 0.25) is 5.28 Å². The number of aromatic nitrogens is 3. The summed E-state index contributed by atoms with van der Waals surface area (Å²) in [6.07, 6.45) is -5.18. The molecular weight excluding hydrogens is 283 g/mol. The normalized spacial score (nSPS) is 11.5. The van der Waals surface area contributed by atoms with Crippen molar-refractivity contribution in [1.82, 2.24) is 15.0 Å². The predicted molar refractivity (Wildman–Crippen MR) is 67.6 cm³/mol. The minimum Gasteiger partial charge on any atom is -0.354 e. The molecule has 0 atom stereocenters. The Labute approximate surface area is 114 Å². The molecule has 0 aliphatic heterocycles. The summed E-state index contributed by atoms with van der Waals surface area (Å²) in [6.45, 7) is 4.86. The number of alkyl halides is 3. The lowest BCUT2D eigenvalue weighted by Crippen LogP contribution is -2.25. The highest BCUT2D eigenvalue weighted by Crippen LogP contribution is 2.19. The van der Waals surface area contributed by atoms with Crippen molar-refractivity contribution in [2.45, 2.75) is 26.4 Å². The number of rotatable bonds is 6. The summed E-state index contributed by atoms with van der Waals surface area (Å²) >= 11 is 5.73. The van der Waals surface area contributed by atoms with Crippen LogP contribution in [0.4, 0.5) is 25.1 Å². The number of halogens is 4. The van der Waals surface area contributed by atoms with Crippen LogP contribution in [0.5, 0.6) is 0 Å². The van der Waals surface area contributed by atoms with Crippen LogP contribution < -0.4 is 10.2 Å². The van der Waals surface area contributed by atoms with Gasteiger partial charge in [-0.1, -0.05) is 0 Å². The summed E-state index contributed by atoms with van der Waals surface area (Å²) in [5.41, 5.74) is 0. The number of anilines is 2. The molecule has 5 nitrogen and oxygen atoms in total. The first-order chi connectivity index (χ1) is 8.85. The van der Waals surface area contributed by atoms with Crippen LogP contribution >= 0.6 is 11.6 Å². The van der Waals surface area contributed by atoms with Gasteiger partial charge in [0.05, 0.1) is 6.42 Å². The van der Waals surface area contributed by atoms with Gasteiger partial charge in [-0.05, 0) is 25.4 Å². The Morgan fingerprint density at radius 2 is 1.79 bits per heavy atom. The highest BCUT2D eigenvalue weighted by atomic mass is 35.5. The summed E-state index contributed by atoms with van der Waals surface area (Å²) < 4.78 is 36.1. The van der Waals surface area contributed by atoms with Gasteiger partial charge in [0, 0.05) is 19.6 Å². The van der Waals surface area contributed by atoms with Crippen molar-refractivity contribution < 1.29 is 13.2 Å². The van der Waals surface area contributed by atoms with E-state index in [-0.39, 0.29) is 17.8 Å². The van der Waals surface area contributed by atoms with Gasteiger partial charge in [0.25, 0.3) is 0 Å². The zero-order chi connectivity index (χ0) is 14.5. The summed E-state index contributed by atoms with van der Waals surface area (Å²) in [7, 11) is 0. The van der Waals surface area contributed by atoms with E-state index in [0.717, 1.165) is 0 Å². The standard InChI is InChI=1S/C10H15ClF3N5/c1-3-19(4-2)9-17-7(11)16-8(18-9)15-6-5-10(12,13)14/h3-6H2,1-2H3,(H,15,16,17,18). The second kappa shape index (κ2) is 6.74. The van der Waals surface area contributed by atoms with E-state index in [2.05, 4.69) is 20.3 Å². The zero-order valence-corrected chi connectivity index (χ0v) is 11.4. The highest BCUT2D eigenvalue weighted by Gasteiger charge is 2.26. The van der Waals surface area contributed by atoms with Crippen LogP contribution in [0.25, 0.3) is 0 Å². The predicted octanol–water partition coefficient (Wildman–Crippen LogP) is 2.74. The molecule has 108 valence electrons. The number of nitrogens with zero attached hydrogens (tertiary/aromatic N) is 4. The van der Waals surface area contributed by atoms with Crippen molar-refractivity contribution >= 4 is 23.5 Å². The largest absolute Gasteiger partial charge is 0.390 e. The minimum absolute atomic E-state index is 0.0474. The molecule has 0 unspecified atom stereocenters. The maximum Gasteiger partial charge on any atom is 0.390 e. The summed E-state index contributed by atoms with van der Waals surface area (Å²) in [5.74, 6) is 0.394. The molecule has 0 spiro atoms. The maximum atomic E-state index is 12.0. The molecule has 1 N–H and O–H groups in total. The fraction of sp³-hybridized carbons (Fsp3) is 0.700. The van der Waals surface area contributed by atoms with Crippen molar-refractivity contribution in [3.8, 4) is 0 Å². The third-order valence-electron chi connectivity index (χ3n) is 2.33. The first-order valence-electron chi connectivity index (χ1n) is 5.82. The fourth-order valence-corrected chi connectivity index (χ4v) is 1.54. The molecule has 1 aromatic rings. The fourth-order valence-electron chi connectivity index (χ4n) is 1.38. The van der Waals surface area contributed by atoms with Crippen LogP contribution in [-0.4, -0.2) is 40.8 Å². The molecule has 0 fully saturated rings. The Bertz CT molecular complexity index is 409. The molecule has 0 saturated heterocycles. The zero-order valence-electron chi connectivity index (χ0n) is 10.6. The van der Waals surface area contributed by atoms with Crippen LogP contribution in [0.15, 0.2) is 0 Å². The summed E-state index contributed by atoms with van der Waals surface area (Å²) in [4.78, 5) is 13.5. The molecule has 1 aromatic heterocycles. The van der Waals surface area contributed by atoms with E-state index < -0.39 is 12.6 Å². The molecule has 9 heteroatoms. The Balaban J connectivity index is 2.74. The average molecular weight is 298 g/mol. The average Bonchev–Trinajstić information content (AvgIpc) is 2.28. The number of nitrogens with one attached hydrogen (secondary N) is 1.